The van der Waals surface area contributed by atoms with Crippen LogP contribution in [0.3, 0.4) is 0 Å². The summed E-state index contributed by atoms with van der Waals surface area (Å²) in [5.41, 5.74) is 0.642. The van der Waals surface area contributed by atoms with Crippen molar-refractivity contribution in [2.45, 2.75) is 38.8 Å². The molecule has 37 heavy (non-hydrogen) atoms. The molecule has 1 aliphatic rings. The monoisotopic (exact) mass is 516 g/mol. The molecule has 2 heterocycles. The van der Waals surface area contributed by atoms with Gasteiger partial charge in [-0.3, -0.25) is 9.59 Å². The van der Waals surface area contributed by atoms with Crippen molar-refractivity contribution < 1.29 is 29.1 Å². The lowest BCUT2D eigenvalue weighted by Gasteiger charge is -2.30. The van der Waals surface area contributed by atoms with E-state index in [1.54, 1.807) is 0 Å². The lowest BCUT2D eigenvalue weighted by atomic mass is 10.0. The number of nitriles is 1. The van der Waals surface area contributed by atoms with Crippen molar-refractivity contribution in [2.75, 3.05) is 13.2 Å². The van der Waals surface area contributed by atoms with Crippen LogP contribution in [0, 0.1) is 11.3 Å². The van der Waals surface area contributed by atoms with Crippen LogP contribution in [0.5, 0.6) is 0 Å². The Balaban J connectivity index is 1.85. The first kappa shape index (κ1) is 24.5. The molecule has 4 aromatic rings. The average Bonchev–Trinajstić information content (AvgIpc) is 3.39. The minimum atomic E-state index is -0.935. The molecule has 0 bridgehead atoms. The second-order valence-corrected chi connectivity index (χ2v) is 10.7. The van der Waals surface area contributed by atoms with Gasteiger partial charge in [0.25, 0.3) is 5.01 Å². The summed E-state index contributed by atoms with van der Waals surface area (Å²) >= 11 is 1.43. The average molecular weight is 517 g/mol. The minimum Gasteiger partial charge on any atom is -0.481 e. The highest BCUT2D eigenvalue weighted by molar-refractivity contribution is 7.20. The molecule has 1 fully saturated rings. The molecule has 0 amide bonds. The number of nitrogens with zero attached hydrogens (tertiary/aromatic N) is 3. The van der Waals surface area contributed by atoms with Gasteiger partial charge in [-0.25, -0.2) is 0 Å². The van der Waals surface area contributed by atoms with Gasteiger partial charge in [0.2, 0.25) is 11.4 Å². The Morgan fingerprint density at radius 1 is 1.03 bits per heavy atom. The summed E-state index contributed by atoms with van der Waals surface area (Å²) in [6, 6.07) is 18.4. The largest absolute Gasteiger partial charge is 0.481 e. The molecule has 188 valence electrons. The van der Waals surface area contributed by atoms with Crippen molar-refractivity contribution in [1.29, 1.82) is 5.26 Å². The van der Waals surface area contributed by atoms with Crippen molar-refractivity contribution in [1.82, 2.24) is 4.90 Å². The van der Waals surface area contributed by atoms with Crippen LogP contribution in [0.25, 0.3) is 37.3 Å². The molecule has 1 saturated heterocycles. The maximum absolute atomic E-state index is 11.6. The van der Waals surface area contributed by atoms with Gasteiger partial charge in [-0.1, -0.05) is 53.8 Å². The third-order valence-electron chi connectivity index (χ3n) is 6.75. The Bertz CT molecular complexity index is 1650. The number of aromatic nitrogens is 1. The number of fused-ring (bicyclic) bond motifs is 6. The van der Waals surface area contributed by atoms with E-state index in [-0.39, 0.29) is 31.5 Å². The number of allylic oxidation sites excluding steroid dienone is 1. The molecule has 8 nitrogen and oxygen atoms in total. The second kappa shape index (κ2) is 9.37. The van der Waals surface area contributed by atoms with Gasteiger partial charge in [-0.15, -0.1) is 0 Å². The fourth-order valence-corrected chi connectivity index (χ4v) is 6.33. The number of ether oxygens (including phenoxy) is 1. The molecular formula is C28H26N3O5S+. The number of carbonyl (C=O) groups is 2. The van der Waals surface area contributed by atoms with Crippen LogP contribution in [0.4, 0.5) is 0 Å². The second-order valence-electron chi connectivity index (χ2n) is 9.66. The number of aryl methyl sites for hydroxylation is 1. The Morgan fingerprint density at radius 2 is 1.62 bits per heavy atom. The van der Waals surface area contributed by atoms with E-state index in [2.05, 4.69) is 18.2 Å². The summed E-state index contributed by atoms with van der Waals surface area (Å²) in [7, 11) is 0. The summed E-state index contributed by atoms with van der Waals surface area (Å²) in [5, 5.41) is 33.9. The number of hydrogen-bond acceptors (Lipinski definition) is 6. The number of carboxylic acid groups (broad SMARTS) is 2. The summed E-state index contributed by atoms with van der Waals surface area (Å²) in [5.74, 6) is -1.54. The highest BCUT2D eigenvalue weighted by atomic mass is 32.1. The molecular weight excluding hydrogens is 490 g/mol. The van der Waals surface area contributed by atoms with Gasteiger partial charge in [-0.05, 0) is 30.7 Å². The molecule has 0 radical (unpaired) electrons. The molecule has 3 aromatic carbocycles. The van der Waals surface area contributed by atoms with E-state index in [4.69, 9.17) is 4.74 Å². The van der Waals surface area contributed by atoms with Crippen LogP contribution in [0.2, 0.25) is 0 Å². The molecule has 0 aliphatic carbocycles. The zero-order chi connectivity index (χ0) is 26.3. The number of carboxylic acids is 2. The van der Waals surface area contributed by atoms with Crippen LogP contribution in [-0.4, -0.2) is 45.7 Å². The van der Waals surface area contributed by atoms with E-state index in [1.807, 2.05) is 59.7 Å². The van der Waals surface area contributed by atoms with Crippen molar-refractivity contribution >= 4 is 60.6 Å². The lowest BCUT2D eigenvalue weighted by Crippen LogP contribution is -2.41. The van der Waals surface area contributed by atoms with Crippen LogP contribution >= 0.6 is 11.3 Å². The molecule has 2 N–H and O–H groups in total. The van der Waals surface area contributed by atoms with Gasteiger partial charge < -0.3 is 19.8 Å². The van der Waals surface area contributed by atoms with Gasteiger partial charge in [-0.2, -0.15) is 9.83 Å². The molecule has 0 unspecified atom stereocenters. The van der Waals surface area contributed by atoms with Crippen LogP contribution < -0.4 is 4.57 Å². The summed E-state index contributed by atoms with van der Waals surface area (Å²) < 4.78 is 8.91. The number of thiazole rings is 1. The van der Waals surface area contributed by atoms with Crippen molar-refractivity contribution in [2.24, 2.45) is 0 Å². The fraction of sp³-hybridized carbons (Fsp3) is 0.286. The first-order valence-corrected chi connectivity index (χ1v) is 12.8. The van der Waals surface area contributed by atoms with E-state index in [0.717, 1.165) is 31.8 Å². The maximum atomic E-state index is 11.6. The van der Waals surface area contributed by atoms with Crippen LogP contribution in [0.15, 0.2) is 54.4 Å². The number of rotatable bonds is 7. The van der Waals surface area contributed by atoms with E-state index >= 15 is 0 Å². The Morgan fingerprint density at radius 3 is 2.24 bits per heavy atom. The van der Waals surface area contributed by atoms with Crippen LogP contribution in [0.1, 0.15) is 31.7 Å². The number of hydrogen-bond donors (Lipinski definition) is 2. The Kier molecular flexibility index (Phi) is 6.21. The fourth-order valence-electron chi connectivity index (χ4n) is 5.00. The summed E-state index contributed by atoms with van der Waals surface area (Å²) in [4.78, 5) is 24.8. The zero-order valence-electron chi connectivity index (χ0n) is 20.5. The van der Waals surface area contributed by atoms with Crippen molar-refractivity contribution in [3.63, 3.8) is 0 Å². The molecule has 0 spiro atoms. The first-order chi connectivity index (χ1) is 17.7. The highest BCUT2D eigenvalue weighted by Crippen LogP contribution is 2.41. The van der Waals surface area contributed by atoms with E-state index in [1.165, 1.54) is 11.3 Å². The predicted molar refractivity (Wildman–Crippen MR) is 141 cm³/mol. The highest BCUT2D eigenvalue weighted by Gasteiger charge is 2.42. The third kappa shape index (κ3) is 4.23. The molecule has 0 saturated carbocycles. The van der Waals surface area contributed by atoms with Gasteiger partial charge >= 0.3 is 11.9 Å². The molecule has 9 heteroatoms. The Labute approximate surface area is 217 Å². The lowest BCUT2D eigenvalue weighted by molar-refractivity contribution is -0.667. The van der Waals surface area contributed by atoms with E-state index in [9.17, 15) is 25.1 Å². The van der Waals surface area contributed by atoms with Gasteiger partial charge in [0.15, 0.2) is 12.1 Å². The van der Waals surface area contributed by atoms with Crippen molar-refractivity contribution in [3.8, 4) is 6.07 Å². The predicted octanol–water partition coefficient (Wildman–Crippen LogP) is 4.75. The van der Waals surface area contributed by atoms with Gasteiger partial charge in [0, 0.05) is 11.9 Å². The molecule has 0 atom stereocenters. The normalized spacial score (nSPS) is 16.2. The van der Waals surface area contributed by atoms with Crippen LogP contribution in [-0.2, 0) is 20.9 Å². The van der Waals surface area contributed by atoms with E-state index in [0.29, 0.717) is 17.5 Å². The van der Waals surface area contributed by atoms with E-state index < -0.39 is 17.5 Å². The summed E-state index contributed by atoms with van der Waals surface area (Å²) in [6.45, 7) is 4.56. The zero-order valence-corrected chi connectivity index (χ0v) is 21.3. The quantitative estimate of drug-likeness (QED) is 0.207. The summed E-state index contributed by atoms with van der Waals surface area (Å²) in [6.07, 6.45) is -0.219. The smallest absolute Gasteiger partial charge is 0.309 e. The number of benzene rings is 3. The first-order valence-electron chi connectivity index (χ1n) is 12.0. The Hall–Kier alpha value is -4.16. The molecule has 1 aliphatic heterocycles. The standard InChI is InChI=1S/C28H25N3O5S/c1-28(2)16-36-26(31(28)14-12-23(34)35)21(15-29)27-30(13-11-22(32)33)24-19-9-5-3-7-17(19)18-8-4-6-10-20(18)25(24)37-27/h3-10H,11-14,16H2,1-2H3,(H-,32,33,34,35)/p+1. The SMILES string of the molecule is CC1(C)COC(=C(C#N)c2sc3c4ccccc4c4ccccc4c3[n+]2CCC(=O)O)N1CCC(=O)O. The topological polar surface area (TPSA) is 115 Å². The minimum absolute atomic E-state index is 0.101. The maximum Gasteiger partial charge on any atom is 0.309 e. The van der Waals surface area contributed by atoms with Crippen molar-refractivity contribution in [3.05, 3.63) is 59.4 Å². The van der Waals surface area contributed by atoms with Gasteiger partial charge in [0.05, 0.1) is 17.3 Å². The molecule has 5 rings (SSSR count). The van der Waals surface area contributed by atoms with Gasteiger partial charge in [0.1, 0.15) is 23.8 Å². The molecule has 1 aromatic heterocycles. The third-order valence-corrected chi connectivity index (χ3v) is 7.98. The number of aliphatic carboxylic acids is 2.